The van der Waals surface area contributed by atoms with Gasteiger partial charge in [-0.3, -0.25) is 9.59 Å². The van der Waals surface area contributed by atoms with Gasteiger partial charge in [-0.05, 0) is 55.5 Å². The number of carbonyl (C=O) groups excluding carboxylic acids is 2. The molecule has 0 radical (unpaired) electrons. The van der Waals surface area contributed by atoms with Crippen LogP contribution in [0, 0.1) is 0 Å². The summed E-state index contributed by atoms with van der Waals surface area (Å²) in [5.74, 6) is 0.204. The highest BCUT2D eigenvalue weighted by atomic mass is 32.1. The molecule has 2 aromatic rings. The van der Waals surface area contributed by atoms with Crippen molar-refractivity contribution in [2.24, 2.45) is 0 Å². The van der Waals surface area contributed by atoms with E-state index in [1.54, 1.807) is 11.3 Å². The van der Waals surface area contributed by atoms with Crippen LogP contribution in [0.5, 0.6) is 0 Å². The van der Waals surface area contributed by atoms with Crippen LogP contribution in [0.15, 0.2) is 41.8 Å². The van der Waals surface area contributed by atoms with E-state index >= 15 is 0 Å². The van der Waals surface area contributed by atoms with Crippen molar-refractivity contribution in [2.45, 2.75) is 32.7 Å². The highest BCUT2D eigenvalue weighted by molar-refractivity contribution is 7.09. The predicted molar refractivity (Wildman–Crippen MR) is 97.4 cm³/mol. The summed E-state index contributed by atoms with van der Waals surface area (Å²) in [6.45, 7) is 4.07. The fourth-order valence-electron chi connectivity index (χ4n) is 2.96. The van der Waals surface area contributed by atoms with Gasteiger partial charge in [0.05, 0.1) is 6.54 Å². The van der Waals surface area contributed by atoms with Crippen LogP contribution in [0.1, 0.15) is 41.4 Å². The smallest absolute Gasteiger partial charge is 0.254 e. The molecule has 1 aliphatic heterocycles. The van der Waals surface area contributed by atoms with Crippen molar-refractivity contribution >= 4 is 28.8 Å². The van der Waals surface area contributed by atoms with Gasteiger partial charge in [0, 0.05) is 35.6 Å². The molecular formula is C19H22N2O2S. The number of amides is 2. The Morgan fingerprint density at radius 2 is 2.00 bits per heavy atom. The highest BCUT2D eigenvalue weighted by Gasteiger charge is 2.20. The van der Waals surface area contributed by atoms with E-state index in [1.807, 2.05) is 58.5 Å². The van der Waals surface area contributed by atoms with Crippen LogP contribution in [0.25, 0.3) is 0 Å². The van der Waals surface area contributed by atoms with Gasteiger partial charge in [0.25, 0.3) is 5.91 Å². The molecule has 3 rings (SSSR count). The molecule has 0 N–H and O–H groups in total. The normalized spacial score (nSPS) is 14.7. The van der Waals surface area contributed by atoms with Crippen molar-refractivity contribution in [3.63, 3.8) is 0 Å². The van der Waals surface area contributed by atoms with Gasteiger partial charge in [-0.25, -0.2) is 0 Å². The third kappa shape index (κ3) is 3.67. The fraction of sp³-hybridized carbons (Fsp3) is 0.368. The van der Waals surface area contributed by atoms with Crippen LogP contribution in [0.4, 0.5) is 5.69 Å². The Morgan fingerprint density at radius 1 is 1.21 bits per heavy atom. The molecule has 0 saturated carbocycles. The van der Waals surface area contributed by atoms with Crippen molar-refractivity contribution in [1.82, 2.24) is 4.90 Å². The molecule has 1 aromatic heterocycles. The van der Waals surface area contributed by atoms with E-state index in [9.17, 15) is 9.59 Å². The average molecular weight is 342 g/mol. The number of rotatable bonds is 5. The molecule has 0 bridgehead atoms. The summed E-state index contributed by atoms with van der Waals surface area (Å²) in [4.78, 5) is 29.5. The number of carbonyl (C=O) groups is 2. The molecule has 2 heterocycles. The molecule has 1 aromatic carbocycles. The largest absolute Gasteiger partial charge is 0.334 e. The molecule has 0 aliphatic carbocycles. The SMILES string of the molecule is CCN(Cc1cccs1)C(=O)c1ccc(N2CCCCC2=O)cc1. The zero-order valence-corrected chi connectivity index (χ0v) is 14.7. The molecule has 5 heteroatoms. The van der Waals surface area contributed by atoms with Gasteiger partial charge in [0.1, 0.15) is 0 Å². The second-order valence-electron chi connectivity index (χ2n) is 5.95. The van der Waals surface area contributed by atoms with E-state index in [-0.39, 0.29) is 11.8 Å². The van der Waals surface area contributed by atoms with E-state index in [0.717, 1.165) is 25.1 Å². The van der Waals surface area contributed by atoms with Gasteiger partial charge >= 0.3 is 0 Å². The second kappa shape index (κ2) is 7.62. The van der Waals surface area contributed by atoms with E-state index in [1.165, 1.54) is 4.88 Å². The lowest BCUT2D eigenvalue weighted by molar-refractivity contribution is -0.119. The quantitative estimate of drug-likeness (QED) is 0.826. The first-order valence-corrected chi connectivity index (χ1v) is 9.29. The molecule has 1 aliphatic rings. The molecule has 2 amide bonds. The second-order valence-corrected chi connectivity index (χ2v) is 6.98. The van der Waals surface area contributed by atoms with Crippen LogP contribution >= 0.6 is 11.3 Å². The van der Waals surface area contributed by atoms with Gasteiger partial charge in [-0.1, -0.05) is 6.07 Å². The standard InChI is InChI=1S/C19H22N2O2S/c1-2-20(14-17-6-5-13-24-17)19(23)15-8-10-16(11-9-15)21-12-4-3-7-18(21)22/h5-6,8-11,13H,2-4,7,12,14H2,1H3. The van der Waals surface area contributed by atoms with E-state index < -0.39 is 0 Å². The first-order valence-electron chi connectivity index (χ1n) is 8.41. The van der Waals surface area contributed by atoms with Crippen molar-refractivity contribution in [1.29, 1.82) is 0 Å². The third-order valence-electron chi connectivity index (χ3n) is 4.35. The number of anilines is 1. The number of benzene rings is 1. The molecule has 24 heavy (non-hydrogen) atoms. The maximum absolute atomic E-state index is 12.7. The lowest BCUT2D eigenvalue weighted by Gasteiger charge is -2.27. The molecule has 1 fully saturated rings. The first-order chi connectivity index (χ1) is 11.7. The lowest BCUT2D eigenvalue weighted by Crippen LogP contribution is -2.35. The number of hydrogen-bond donors (Lipinski definition) is 0. The van der Waals surface area contributed by atoms with E-state index in [2.05, 4.69) is 0 Å². The lowest BCUT2D eigenvalue weighted by atomic mass is 10.1. The number of nitrogens with zero attached hydrogens (tertiary/aromatic N) is 2. The Labute approximate surface area is 146 Å². The summed E-state index contributed by atoms with van der Waals surface area (Å²) in [5, 5.41) is 2.03. The topological polar surface area (TPSA) is 40.6 Å². The zero-order valence-electron chi connectivity index (χ0n) is 13.9. The maximum atomic E-state index is 12.7. The molecule has 126 valence electrons. The molecule has 0 unspecified atom stereocenters. The van der Waals surface area contributed by atoms with Crippen LogP contribution < -0.4 is 4.90 Å². The van der Waals surface area contributed by atoms with Crippen molar-refractivity contribution < 1.29 is 9.59 Å². The number of piperidine rings is 1. The number of hydrogen-bond acceptors (Lipinski definition) is 3. The van der Waals surface area contributed by atoms with Crippen molar-refractivity contribution in [3.8, 4) is 0 Å². The Bertz CT molecular complexity index is 695. The Morgan fingerprint density at radius 3 is 2.62 bits per heavy atom. The Balaban J connectivity index is 1.71. The summed E-state index contributed by atoms with van der Waals surface area (Å²) in [6, 6.07) is 11.5. The highest BCUT2D eigenvalue weighted by Crippen LogP contribution is 2.22. The van der Waals surface area contributed by atoms with Gasteiger partial charge in [0.15, 0.2) is 0 Å². The minimum atomic E-state index is 0.0300. The van der Waals surface area contributed by atoms with Crippen molar-refractivity contribution in [2.75, 3.05) is 18.0 Å². The van der Waals surface area contributed by atoms with Crippen LogP contribution in [0.3, 0.4) is 0 Å². The van der Waals surface area contributed by atoms with E-state index in [4.69, 9.17) is 0 Å². The summed E-state index contributed by atoms with van der Waals surface area (Å²) < 4.78 is 0. The fourth-order valence-corrected chi connectivity index (χ4v) is 3.68. The Kier molecular flexibility index (Phi) is 5.30. The zero-order chi connectivity index (χ0) is 16.9. The molecule has 0 atom stereocenters. The van der Waals surface area contributed by atoms with Crippen molar-refractivity contribution in [3.05, 3.63) is 52.2 Å². The van der Waals surface area contributed by atoms with Gasteiger partial charge < -0.3 is 9.80 Å². The van der Waals surface area contributed by atoms with Crippen LogP contribution in [-0.4, -0.2) is 29.8 Å². The summed E-state index contributed by atoms with van der Waals surface area (Å²) in [6.07, 6.45) is 2.63. The van der Waals surface area contributed by atoms with Crippen LogP contribution in [0.2, 0.25) is 0 Å². The molecule has 4 nitrogen and oxygen atoms in total. The van der Waals surface area contributed by atoms with Gasteiger partial charge in [-0.15, -0.1) is 11.3 Å². The average Bonchev–Trinajstić information content (AvgIpc) is 3.13. The van der Waals surface area contributed by atoms with Gasteiger partial charge in [-0.2, -0.15) is 0 Å². The van der Waals surface area contributed by atoms with Crippen LogP contribution in [-0.2, 0) is 11.3 Å². The van der Waals surface area contributed by atoms with E-state index in [0.29, 0.717) is 25.1 Å². The molecule has 0 spiro atoms. The molecular weight excluding hydrogens is 320 g/mol. The summed E-state index contributed by atoms with van der Waals surface area (Å²) in [7, 11) is 0. The summed E-state index contributed by atoms with van der Waals surface area (Å²) in [5.41, 5.74) is 1.55. The summed E-state index contributed by atoms with van der Waals surface area (Å²) >= 11 is 1.66. The Hall–Kier alpha value is -2.14. The minimum absolute atomic E-state index is 0.0300. The third-order valence-corrected chi connectivity index (χ3v) is 5.21. The monoisotopic (exact) mass is 342 g/mol. The predicted octanol–water partition coefficient (Wildman–Crippen LogP) is 3.93. The number of thiophene rings is 1. The minimum Gasteiger partial charge on any atom is -0.334 e. The maximum Gasteiger partial charge on any atom is 0.254 e. The molecule has 1 saturated heterocycles. The first kappa shape index (κ1) is 16.7. The van der Waals surface area contributed by atoms with Gasteiger partial charge in [0.2, 0.25) is 5.91 Å².